The summed E-state index contributed by atoms with van der Waals surface area (Å²) in [7, 11) is 2.26. The van der Waals surface area contributed by atoms with Crippen LogP contribution >= 0.6 is 0 Å². The number of benzene rings is 1. The Bertz CT molecular complexity index is 964. The molecule has 0 radical (unpaired) electrons. The molecule has 0 unspecified atom stereocenters. The van der Waals surface area contributed by atoms with E-state index in [4.69, 9.17) is 0 Å². The van der Waals surface area contributed by atoms with E-state index < -0.39 is 48.1 Å². The number of esters is 2. The molecular weight excluding hydrogens is 402 g/mol. The maximum Gasteiger partial charge on any atom is 0.329 e. The number of nitrogens with zero attached hydrogens (tertiary/aromatic N) is 2. The van der Waals surface area contributed by atoms with E-state index in [2.05, 4.69) is 24.8 Å². The molecule has 0 saturated heterocycles. The number of halogens is 2. The monoisotopic (exact) mass is 422 g/mol. The number of carbonyl (C=O) groups excluding carboxylic acids is 3. The van der Waals surface area contributed by atoms with E-state index in [-0.39, 0.29) is 12.1 Å². The number of rotatable bonds is 5. The van der Waals surface area contributed by atoms with Crippen molar-refractivity contribution in [2.75, 3.05) is 20.8 Å². The highest BCUT2D eigenvalue weighted by molar-refractivity contribution is 5.87. The third-order valence-electron chi connectivity index (χ3n) is 4.82. The Morgan fingerprint density at radius 2 is 2.07 bits per heavy atom. The van der Waals surface area contributed by atoms with Crippen molar-refractivity contribution in [3.63, 3.8) is 0 Å². The van der Waals surface area contributed by atoms with Crippen LogP contribution in [0.1, 0.15) is 29.4 Å². The highest BCUT2D eigenvalue weighted by Crippen LogP contribution is 2.35. The van der Waals surface area contributed by atoms with E-state index in [9.17, 15) is 23.2 Å². The molecule has 0 fully saturated rings. The summed E-state index contributed by atoms with van der Waals surface area (Å²) in [4.78, 5) is 44.9. The van der Waals surface area contributed by atoms with E-state index in [0.717, 1.165) is 32.4 Å². The largest absolute Gasteiger partial charge is 0.469 e. The second kappa shape index (κ2) is 8.89. The van der Waals surface area contributed by atoms with Gasteiger partial charge < -0.3 is 24.7 Å². The van der Waals surface area contributed by atoms with Gasteiger partial charge in [0.05, 0.1) is 32.7 Å². The first-order valence-corrected chi connectivity index (χ1v) is 9.04. The third-order valence-corrected chi connectivity index (χ3v) is 4.82. The van der Waals surface area contributed by atoms with Gasteiger partial charge in [0.2, 0.25) is 0 Å². The summed E-state index contributed by atoms with van der Waals surface area (Å²) in [5, 5.41) is 2.42. The fraction of sp³-hybridized carbons (Fsp3) is 0.368. The molecule has 2 atom stereocenters. The molecule has 2 aromatic rings. The van der Waals surface area contributed by atoms with Crippen molar-refractivity contribution in [2.24, 2.45) is 0 Å². The van der Waals surface area contributed by atoms with Crippen LogP contribution in [0.15, 0.2) is 24.5 Å². The lowest BCUT2D eigenvalue weighted by atomic mass is 9.95. The van der Waals surface area contributed by atoms with Gasteiger partial charge in [0.15, 0.2) is 0 Å². The van der Waals surface area contributed by atoms with E-state index in [1.807, 2.05) is 0 Å². The normalized spacial score (nSPS) is 16.4. The molecule has 1 aromatic heterocycles. The number of hydrogen-bond acceptors (Lipinski definition) is 6. The van der Waals surface area contributed by atoms with Gasteiger partial charge >= 0.3 is 18.0 Å². The van der Waals surface area contributed by atoms with Crippen LogP contribution in [0.5, 0.6) is 0 Å². The predicted molar refractivity (Wildman–Crippen MR) is 98.2 cm³/mol. The van der Waals surface area contributed by atoms with Crippen LogP contribution < -0.4 is 5.32 Å². The average molecular weight is 422 g/mol. The van der Waals surface area contributed by atoms with Crippen LogP contribution in [0.3, 0.4) is 0 Å². The molecule has 2 N–H and O–H groups in total. The number of aromatic nitrogens is 2. The van der Waals surface area contributed by atoms with E-state index >= 15 is 0 Å². The van der Waals surface area contributed by atoms with Crippen molar-refractivity contribution >= 4 is 18.0 Å². The van der Waals surface area contributed by atoms with Crippen LogP contribution in [-0.4, -0.2) is 59.6 Å². The topological polar surface area (TPSA) is 114 Å². The van der Waals surface area contributed by atoms with Gasteiger partial charge in [0, 0.05) is 24.2 Å². The minimum atomic E-state index is -1.31. The van der Waals surface area contributed by atoms with Crippen LogP contribution in [0.25, 0.3) is 0 Å². The summed E-state index contributed by atoms with van der Waals surface area (Å²) < 4.78 is 37.6. The molecule has 1 aliphatic heterocycles. The number of amides is 2. The van der Waals surface area contributed by atoms with Gasteiger partial charge in [-0.25, -0.2) is 23.4 Å². The molecule has 11 heteroatoms. The van der Waals surface area contributed by atoms with Crippen molar-refractivity contribution in [1.82, 2.24) is 20.2 Å². The standard InChI is InChI=1S/C19H20F2N4O5/c1-29-15(26)8-14(18(27)30-2)24-19(28)25-6-5-13-16(23-9-22-13)17(25)11-7-10(20)3-4-12(11)21/h3-4,7,9,14,17H,5-6,8H2,1-2H3,(H,22,23)(H,24,28)/t14-,17-/m0/s1. The van der Waals surface area contributed by atoms with Crippen molar-refractivity contribution in [3.05, 3.63) is 53.1 Å². The highest BCUT2D eigenvalue weighted by Gasteiger charge is 2.37. The first kappa shape index (κ1) is 21.2. The third kappa shape index (κ3) is 4.24. The minimum Gasteiger partial charge on any atom is -0.469 e. The van der Waals surface area contributed by atoms with Crippen molar-refractivity contribution in [1.29, 1.82) is 0 Å². The number of methoxy groups -OCH3 is 2. The van der Waals surface area contributed by atoms with E-state index in [1.165, 1.54) is 11.2 Å². The lowest BCUT2D eigenvalue weighted by Gasteiger charge is -2.36. The zero-order valence-electron chi connectivity index (χ0n) is 16.3. The molecule has 9 nitrogen and oxygen atoms in total. The second-order valence-electron chi connectivity index (χ2n) is 6.58. The Hall–Kier alpha value is -3.50. The lowest BCUT2D eigenvalue weighted by Crippen LogP contribution is -2.52. The highest BCUT2D eigenvalue weighted by atomic mass is 19.1. The van der Waals surface area contributed by atoms with Gasteiger partial charge in [0.25, 0.3) is 0 Å². The van der Waals surface area contributed by atoms with Crippen molar-refractivity contribution in [3.8, 4) is 0 Å². The summed E-state index contributed by atoms with van der Waals surface area (Å²) in [6.45, 7) is 0.133. The van der Waals surface area contributed by atoms with Gasteiger partial charge in [-0.1, -0.05) is 0 Å². The second-order valence-corrected chi connectivity index (χ2v) is 6.58. The number of fused-ring (bicyclic) bond motifs is 1. The maximum atomic E-state index is 14.6. The number of ether oxygens (including phenoxy) is 2. The lowest BCUT2D eigenvalue weighted by molar-refractivity contribution is -0.149. The summed E-state index contributed by atoms with van der Waals surface area (Å²) in [5.41, 5.74) is 0.969. The minimum absolute atomic E-state index is 0.0826. The van der Waals surface area contributed by atoms with Gasteiger partial charge in [-0.2, -0.15) is 0 Å². The predicted octanol–water partition coefficient (Wildman–Crippen LogP) is 1.45. The smallest absolute Gasteiger partial charge is 0.329 e. The van der Waals surface area contributed by atoms with Gasteiger partial charge in [-0.15, -0.1) is 0 Å². The fourth-order valence-electron chi connectivity index (χ4n) is 3.35. The van der Waals surface area contributed by atoms with E-state index in [1.54, 1.807) is 0 Å². The molecule has 2 heterocycles. The first-order chi connectivity index (χ1) is 14.3. The fourth-order valence-corrected chi connectivity index (χ4v) is 3.35. The van der Waals surface area contributed by atoms with Gasteiger partial charge in [-0.3, -0.25) is 4.79 Å². The van der Waals surface area contributed by atoms with Crippen LogP contribution in [0, 0.1) is 11.6 Å². The summed E-state index contributed by atoms with van der Waals surface area (Å²) in [6, 6.07) is -0.175. The molecule has 1 aromatic carbocycles. The van der Waals surface area contributed by atoms with Crippen LogP contribution in [0.4, 0.5) is 13.6 Å². The summed E-state index contributed by atoms with van der Waals surface area (Å²) in [5.74, 6) is -2.96. The Kier molecular flexibility index (Phi) is 6.28. The number of urea groups is 1. The Morgan fingerprint density at radius 3 is 2.77 bits per heavy atom. The number of H-pyrrole nitrogens is 1. The molecule has 0 saturated carbocycles. The number of carbonyl (C=O) groups is 3. The molecule has 0 bridgehead atoms. The van der Waals surface area contributed by atoms with Crippen molar-refractivity contribution in [2.45, 2.75) is 24.9 Å². The molecule has 30 heavy (non-hydrogen) atoms. The zero-order valence-corrected chi connectivity index (χ0v) is 16.3. The van der Waals surface area contributed by atoms with Crippen molar-refractivity contribution < 1.29 is 32.6 Å². The van der Waals surface area contributed by atoms with Gasteiger partial charge in [-0.05, 0) is 18.2 Å². The molecule has 160 valence electrons. The SMILES string of the molecule is COC(=O)C[C@H](NC(=O)N1CCc2[nH]cnc2[C@@H]1c1cc(F)ccc1F)C(=O)OC. The molecule has 3 rings (SSSR count). The number of aromatic amines is 1. The van der Waals surface area contributed by atoms with Gasteiger partial charge in [0.1, 0.15) is 23.7 Å². The Labute approximate surface area is 170 Å². The Balaban J connectivity index is 1.94. The quantitative estimate of drug-likeness (QED) is 0.705. The molecule has 0 spiro atoms. The Morgan fingerprint density at radius 1 is 1.30 bits per heavy atom. The number of nitrogens with one attached hydrogen (secondary N) is 2. The molecule has 0 aliphatic carbocycles. The average Bonchev–Trinajstić information content (AvgIpc) is 3.22. The summed E-state index contributed by atoms with van der Waals surface area (Å²) >= 11 is 0. The van der Waals surface area contributed by atoms with E-state index in [0.29, 0.717) is 17.8 Å². The van der Waals surface area contributed by atoms with Crippen LogP contribution in [0.2, 0.25) is 0 Å². The zero-order chi connectivity index (χ0) is 21.8. The van der Waals surface area contributed by atoms with Crippen LogP contribution in [-0.2, 0) is 25.5 Å². The first-order valence-electron chi connectivity index (χ1n) is 9.04. The maximum absolute atomic E-state index is 14.6. The number of imidazole rings is 1. The molecular formula is C19H20F2N4O5. The molecule has 2 amide bonds. The molecule has 1 aliphatic rings. The number of hydrogen-bond donors (Lipinski definition) is 2. The summed E-state index contributed by atoms with van der Waals surface area (Å²) in [6.07, 6.45) is 1.34.